The molecule has 0 spiro atoms. The van der Waals surface area contributed by atoms with E-state index in [2.05, 4.69) is 21.2 Å². The Bertz CT molecular complexity index is 740. The van der Waals surface area contributed by atoms with Gasteiger partial charge in [-0.1, -0.05) is 11.6 Å². The third-order valence-electron chi connectivity index (χ3n) is 2.59. The quantitative estimate of drug-likeness (QED) is 0.867. The van der Waals surface area contributed by atoms with E-state index in [4.69, 9.17) is 17.3 Å². The van der Waals surface area contributed by atoms with Gasteiger partial charge in [-0.15, -0.1) is 0 Å². The molecule has 5 nitrogen and oxygen atoms in total. The van der Waals surface area contributed by atoms with Gasteiger partial charge >= 0.3 is 0 Å². The summed E-state index contributed by atoms with van der Waals surface area (Å²) in [5.41, 5.74) is 5.80. The molecule has 1 heterocycles. The lowest BCUT2D eigenvalue weighted by Crippen LogP contribution is -2.27. The van der Waals surface area contributed by atoms with Crippen molar-refractivity contribution in [3.63, 3.8) is 0 Å². The Morgan fingerprint density at radius 3 is 2.81 bits per heavy atom. The first kappa shape index (κ1) is 15.5. The number of rotatable bonds is 3. The van der Waals surface area contributed by atoms with Crippen LogP contribution in [0.1, 0.15) is 0 Å². The molecule has 2 rings (SSSR count). The molecular formula is C13H10BrClFN3O2. The third-order valence-corrected chi connectivity index (χ3v) is 3.52. The molecule has 0 saturated carbocycles. The first-order chi connectivity index (χ1) is 9.86. The molecular weight excluding hydrogens is 365 g/mol. The van der Waals surface area contributed by atoms with Crippen LogP contribution in [-0.2, 0) is 11.3 Å². The topological polar surface area (TPSA) is 77.1 Å². The monoisotopic (exact) mass is 373 g/mol. The number of anilines is 2. The van der Waals surface area contributed by atoms with Crippen LogP contribution in [0, 0.1) is 5.82 Å². The normalized spacial score (nSPS) is 10.4. The van der Waals surface area contributed by atoms with E-state index in [9.17, 15) is 14.0 Å². The fourth-order valence-electron chi connectivity index (χ4n) is 1.67. The molecule has 0 aliphatic rings. The second kappa shape index (κ2) is 6.28. The summed E-state index contributed by atoms with van der Waals surface area (Å²) in [6.07, 6.45) is 1.36. The first-order valence-corrected chi connectivity index (χ1v) is 6.94. The second-order valence-electron chi connectivity index (χ2n) is 4.22. The van der Waals surface area contributed by atoms with Crippen LogP contribution in [0.4, 0.5) is 15.8 Å². The summed E-state index contributed by atoms with van der Waals surface area (Å²) < 4.78 is 14.6. The van der Waals surface area contributed by atoms with Crippen LogP contribution in [0.2, 0.25) is 5.02 Å². The van der Waals surface area contributed by atoms with Crippen molar-refractivity contribution in [3.05, 3.63) is 56.1 Å². The lowest BCUT2D eigenvalue weighted by molar-refractivity contribution is -0.116. The Labute approximate surface area is 132 Å². The summed E-state index contributed by atoms with van der Waals surface area (Å²) >= 11 is 8.98. The Morgan fingerprint density at radius 1 is 1.43 bits per heavy atom. The Balaban J connectivity index is 2.19. The number of amides is 1. The zero-order chi connectivity index (χ0) is 15.6. The lowest BCUT2D eigenvalue weighted by atomic mass is 10.3. The number of nitrogens with two attached hydrogens (primary N) is 1. The van der Waals surface area contributed by atoms with Gasteiger partial charge in [-0.2, -0.15) is 0 Å². The van der Waals surface area contributed by atoms with Gasteiger partial charge in [0.05, 0.1) is 10.7 Å². The molecule has 110 valence electrons. The van der Waals surface area contributed by atoms with Crippen LogP contribution in [-0.4, -0.2) is 10.5 Å². The Morgan fingerprint density at radius 2 is 2.14 bits per heavy atom. The number of pyridine rings is 1. The van der Waals surface area contributed by atoms with E-state index in [0.717, 1.165) is 10.6 Å². The van der Waals surface area contributed by atoms with Crippen LogP contribution in [0.5, 0.6) is 0 Å². The molecule has 0 unspecified atom stereocenters. The van der Waals surface area contributed by atoms with E-state index >= 15 is 0 Å². The fraction of sp³-hybridized carbons (Fsp3) is 0.0769. The number of carbonyl (C=O) groups excluding carboxylic acids is 1. The van der Waals surface area contributed by atoms with E-state index < -0.39 is 11.7 Å². The van der Waals surface area contributed by atoms with Gasteiger partial charge in [-0.25, -0.2) is 4.39 Å². The zero-order valence-electron chi connectivity index (χ0n) is 10.6. The minimum Gasteiger partial charge on any atom is -0.398 e. The molecule has 0 radical (unpaired) electrons. The third kappa shape index (κ3) is 3.83. The van der Waals surface area contributed by atoms with Gasteiger partial charge in [0.1, 0.15) is 12.4 Å². The minimum absolute atomic E-state index is 0.0511. The Hall–Kier alpha value is -1.86. The molecule has 21 heavy (non-hydrogen) atoms. The van der Waals surface area contributed by atoms with Crippen LogP contribution >= 0.6 is 27.5 Å². The van der Waals surface area contributed by atoms with Crippen molar-refractivity contribution in [2.24, 2.45) is 0 Å². The van der Waals surface area contributed by atoms with Crippen molar-refractivity contribution >= 4 is 44.8 Å². The number of nitrogen functional groups attached to an aromatic ring is 1. The van der Waals surface area contributed by atoms with Crippen LogP contribution < -0.4 is 16.6 Å². The molecule has 2 aromatic rings. The highest BCUT2D eigenvalue weighted by Crippen LogP contribution is 2.31. The second-order valence-corrected chi connectivity index (χ2v) is 5.48. The molecule has 1 aromatic heterocycles. The molecule has 0 aliphatic carbocycles. The van der Waals surface area contributed by atoms with Crippen LogP contribution in [0.3, 0.4) is 0 Å². The van der Waals surface area contributed by atoms with E-state index in [0.29, 0.717) is 10.2 Å². The Kier molecular flexibility index (Phi) is 4.64. The average Bonchev–Trinajstić information content (AvgIpc) is 2.38. The van der Waals surface area contributed by atoms with Gasteiger partial charge < -0.3 is 15.6 Å². The predicted octanol–water partition coefficient (Wildman–Crippen LogP) is 2.62. The number of hydrogen-bond donors (Lipinski definition) is 2. The smallest absolute Gasteiger partial charge is 0.251 e. The number of nitrogens with one attached hydrogen (secondary N) is 1. The zero-order valence-corrected chi connectivity index (χ0v) is 12.9. The van der Waals surface area contributed by atoms with Gasteiger partial charge in [-0.05, 0) is 34.1 Å². The van der Waals surface area contributed by atoms with Crippen molar-refractivity contribution in [3.8, 4) is 0 Å². The highest BCUT2D eigenvalue weighted by molar-refractivity contribution is 9.10. The first-order valence-electron chi connectivity index (χ1n) is 5.77. The summed E-state index contributed by atoms with van der Waals surface area (Å²) in [5, 5.41) is 2.57. The number of hydrogen-bond acceptors (Lipinski definition) is 3. The number of carbonyl (C=O) groups is 1. The van der Waals surface area contributed by atoms with Crippen molar-refractivity contribution in [2.45, 2.75) is 6.54 Å². The number of nitrogens with zero attached hydrogens (tertiary/aromatic N) is 1. The number of benzene rings is 1. The largest absolute Gasteiger partial charge is 0.398 e. The van der Waals surface area contributed by atoms with Gasteiger partial charge in [-0.3, -0.25) is 9.59 Å². The molecule has 0 atom stereocenters. The summed E-state index contributed by atoms with van der Waals surface area (Å²) in [6, 6.07) is 4.97. The fourth-order valence-corrected chi connectivity index (χ4v) is 2.57. The van der Waals surface area contributed by atoms with E-state index in [-0.39, 0.29) is 22.8 Å². The number of aromatic nitrogens is 1. The highest BCUT2D eigenvalue weighted by Gasteiger charge is 2.12. The maximum absolute atomic E-state index is 13.1. The number of halogens is 3. The van der Waals surface area contributed by atoms with Gasteiger partial charge in [0.25, 0.3) is 5.56 Å². The standard InChI is InChI=1S/C13H10BrClFN3O2/c14-9-3-7(16)4-10(15)13(9)18-11(20)6-19-5-8(17)1-2-12(19)21/h1-5H,6,17H2,(H,18,20). The van der Waals surface area contributed by atoms with Crippen LogP contribution in [0.25, 0.3) is 0 Å². The molecule has 1 amide bonds. The predicted molar refractivity (Wildman–Crippen MR) is 82.9 cm³/mol. The van der Waals surface area contributed by atoms with Crippen molar-refractivity contribution in [2.75, 3.05) is 11.1 Å². The molecule has 8 heteroatoms. The molecule has 0 fully saturated rings. The minimum atomic E-state index is -0.531. The molecule has 3 N–H and O–H groups in total. The summed E-state index contributed by atoms with van der Waals surface area (Å²) in [6.45, 7) is -0.232. The van der Waals surface area contributed by atoms with Gasteiger partial charge in [0, 0.05) is 22.4 Å². The summed E-state index contributed by atoms with van der Waals surface area (Å²) in [4.78, 5) is 23.5. The molecule has 0 aliphatic heterocycles. The van der Waals surface area contributed by atoms with E-state index in [1.807, 2.05) is 0 Å². The van der Waals surface area contributed by atoms with Gasteiger partial charge in [0.15, 0.2) is 0 Å². The van der Waals surface area contributed by atoms with Crippen LogP contribution in [0.15, 0.2) is 39.7 Å². The molecule has 0 bridgehead atoms. The summed E-state index contributed by atoms with van der Waals surface area (Å²) in [5.74, 6) is -1.02. The maximum atomic E-state index is 13.1. The average molecular weight is 375 g/mol. The van der Waals surface area contributed by atoms with E-state index in [1.54, 1.807) is 0 Å². The summed E-state index contributed by atoms with van der Waals surface area (Å²) in [7, 11) is 0. The van der Waals surface area contributed by atoms with Crippen molar-refractivity contribution < 1.29 is 9.18 Å². The molecule has 1 aromatic carbocycles. The maximum Gasteiger partial charge on any atom is 0.251 e. The SMILES string of the molecule is Nc1ccc(=O)n(CC(=O)Nc2c(Cl)cc(F)cc2Br)c1. The molecule has 0 saturated heterocycles. The van der Waals surface area contributed by atoms with Crippen molar-refractivity contribution in [1.82, 2.24) is 4.57 Å². The highest BCUT2D eigenvalue weighted by atomic mass is 79.9. The van der Waals surface area contributed by atoms with Gasteiger partial charge in [0.2, 0.25) is 5.91 Å². The van der Waals surface area contributed by atoms with Crippen molar-refractivity contribution in [1.29, 1.82) is 0 Å². The lowest BCUT2D eigenvalue weighted by Gasteiger charge is -2.11. The van der Waals surface area contributed by atoms with E-state index in [1.165, 1.54) is 24.4 Å².